The van der Waals surface area contributed by atoms with Crippen LogP contribution >= 0.6 is 34.4 Å². The number of nitrogens with one attached hydrogen (secondary N) is 1. The number of rotatable bonds is 7. The molecule has 0 atom stereocenters. The molecule has 154 valence electrons. The highest BCUT2D eigenvalue weighted by molar-refractivity contribution is 14.1. The van der Waals surface area contributed by atoms with Gasteiger partial charge in [0.25, 0.3) is 12.5 Å². The first-order valence-electron chi connectivity index (χ1n) is 8.90. The number of hydrogen-bond acceptors (Lipinski definition) is 8. The minimum absolute atomic E-state index is 0.165. The topological polar surface area (TPSA) is 122 Å². The molecule has 3 heterocycles. The first-order chi connectivity index (χ1) is 14.6. The minimum atomic E-state index is -0.281. The lowest BCUT2D eigenvalue weighted by Gasteiger charge is -2.10. The highest BCUT2D eigenvalue weighted by Gasteiger charge is 2.20. The molecule has 0 fully saturated rings. The van der Waals surface area contributed by atoms with Crippen molar-refractivity contribution >= 4 is 57.2 Å². The fourth-order valence-corrected chi connectivity index (χ4v) is 4.59. The first-order valence-corrected chi connectivity index (χ1v) is 10.8. The molecule has 1 aliphatic rings. The van der Waals surface area contributed by atoms with Crippen molar-refractivity contribution in [1.29, 1.82) is 0 Å². The number of anilines is 1. The van der Waals surface area contributed by atoms with Crippen molar-refractivity contribution in [2.45, 2.75) is 23.0 Å². The van der Waals surface area contributed by atoms with Gasteiger partial charge in [0.2, 0.25) is 6.79 Å². The minimum Gasteiger partial charge on any atom is -0.454 e. The Kier molecular flexibility index (Phi) is 6.09. The molecule has 0 radical (unpaired) electrons. The predicted octanol–water partition coefficient (Wildman–Crippen LogP) is 2.32. The summed E-state index contributed by atoms with van der Waals surface area (Å²) in [5, 5.41) is 3.44. The molecule has 10 nitrogen and oxygen atoms in total. The number of halogens is 1. The van der Waals surface area contributed by atoms with Crippen LogP contribution in [0.15, 0.2) is 28.5 Å². The molecule has 1 aliphatic heterocycles. The monoisotopic (exact) mass is 537 g/mol. The Morgan fingerprint density at radius 3 is 2.97 bits per heavy atom. The van der Waals surface area contributed by atoms with Crippen molar-refractivity contribution in [3.63, 3.8) is 0 Å². The Balaban J connectivity index is 1.60. The van der Waals surface area contributed by atoms with Crippen LogP contribution in [0.3, 0.4) is 0 Å². The maximum Gasteiger partial charge on any atom is 0.300 e. The van der Waals surface area contributed by atoms with Gasteiger partial charge in [-0.1, -0.05) is 11.8 Å². The van der Waals surface area contributed by atoms with E-state index in [1.54, 1.807) is 0 Å². The average Bonchev–Trinajstić information content (AvgIpc) is 3.31. The van der Waals surface area contributed by atoms with E-state index < -0.39 is 0 Å². The van der Waals surface area contributed by atoms with Crippen molar-refractivity contribution < 1.29 is 14.3 Å². The normalized spacial score (nSPS) is 12.1. The molecule has 2 aromatic heterocycles. The summed E-state index contributed by atoms with van der Waals surface area (Å²) in [6, 6.07) is 3.86. The van der Waals surface area contributed by atoms with Gasteiger partial charge in [0.15, 0.2) is 33.6 Å². The second kappa shape index (κ2) is 8.92. The van der Waals surface area contributed by atoms with Gasteiger partial charge in [-0.2, -0.15) is 0 Å². The number of hydrogen-bond donors (Lipinski definition) is 2. The number of carbonyl (C=O) groups excluding carboxylic acids is 1. The van der Waals surface area contributed by atoms with Gasteiger partial charge in [-0.25, -0.2) is 21.5 Å². The predicted molar refractivity (Wildman–Crippen MR) is 118 cm³/mol. The molecule has 3 N–H and O–H groups in total. The van der Waals surface area contributed by atoms with Crippen molar-refractivity contribution in [1.82, 2.24) is 24.8 Å². The van der Waals surface area contributed by atoms with E-state index in [4.69, 9.17) is 21.8 Å². The largest absolute Gasteiger partial charge is 0.454 e. The van der Waals surface area contributed by atoms with Crippen LogP contribution in [0.1, 0.15) is 6.42 Å². The summed E-state index contributed by atoms with van der Waals surface area (Å²) in [5.41, 5.74) is 7.17. The van der Waals surface area contributed by atoms with Gasteiger partial charge in [-0.15, -0.1) is 0 Å². The zero-order valence-corrected chi connectivity index (χ0v) is 18.6. The van der Waals surface area contributed by atoms with Crippen molar-refractivity contribution in [3.8, 4) is 11.5 Å². The number of fused-ring (bicyclic) bond motifs is 2. The summed E-state index contributed by atoms with van der Waals surface area (Å²) < 4.78 is 13.9. The summed E-state index contributed by atoms with van der Waals surface area (Å²) in [6.45, 7) is 7.80. The van der Waals surface area contributed by atoms with Crippen LogP contribution in [0.5, 0.6) is 11.5 Å². The molecular weight excluding hydrogens is 521 g/mol. The number of carbonyl (C=O) groups is 1. The zero-order valence-electron chi connectivity index (χ0n) is 15.6. The van der Waals surface area contributed by atoms with Crippen LogP contribution in [0, 0.1) is 10.1 Å². The van der Waals surface area contributed by atoms with Crippen LogP contribution in [-0.4, -0.2) is 45.3 Å². The number of imidazole rings is 1. The second-order valence-electron chi connectivity index (χ2n) is 6.23. The van der Waals surface area contributed by atoms with E-state index in [-0.39, 0.29) is 19.2 Å². The highest BCUT2D eigenvalue weighted by Crippen LogP contribution is 2.41. The molecule has 0 aliphatic carbocycles. The number of ether oxygens (including phenoxy) is 2. The van der Waals surface area contributed by atoms with Crippen LogP contribution in [-0.2, 0) is 11.3 Å². The fraction of sp³-hybridized carbons (Fsp3) is 0.278. The molecule has 1 amide bonds. The van der Waals surface area contributed by atoms with Gasteiger partial charge < -0.3 is 29.9 Å². The second-order valence-corrected chi connectivity index (χ2v) is 8.41. The summed E-state index contributed by atoms with van der Waals surface area (Å²) in [5.74, 6) is 1.45. The Bertz CT molecular complexity index is 1160. The summed E-state index contributed by atoms with van der Waals surface area (Å²) >= 11 is 3.72. The molecule has 0 saturated heterocycles. The fourth-order valence-electron chi connectivity index (χ4n) is 2.88. The van der Waals surface area contributed by atoms with Crippen LogP contribution in [0.4, 0.5) is 5.82 Å². The molecule has 1 aromatic carbocycles. The Labute approximate surface area is 189 Å². The first kappa shape index (κ1) is 20.5. The van der Waals surface area contributed by atoms with Gasteiger partial charge in [-0.05, 0) is 41.1 Å². The van der Waals surface area contributed by atoms with Crippen LogP contribution in [0.2, 0.25) is 0 Å². The lowest BCUT2D eigenvalue weighted by atomic mass is 10.3. The third-order valence-corrected chi connectivity index (χ3v) is 6.57. The van der Waals surface area contributed by atoms with Gasteiger partial charge in [0.05, 0.1) is 0 Å². The third-order valence-electron chi connectivity index (χ3n) is 4.26. The number of aryl methyl sites for hydroxylation is 1. The van der Waals surface area contributed by atoms with Gasteiger partial charge >= 0.3 is 0 Å². The van der Waals surface area contributed by atoms with Crippen molar-refractivity contribution in [2.24, 2.45) is 0 Å². The highest BCUT2D eigenvalue weighted by atomic mass is 127. The van der Waals surface area contributed by atoms with Gasteiger partial charge in [0, 0.05) is 21.6 Å². The number of nitrogens with two attached hydrogens (primary N) is 1. The van der Waals surface area contributed by atoms with E-state index in [1.807, 2.05) is 16.7 Å². The molecule has 4 rings (SSSR count). The molecule has 0 bridgehead atoms. The molecule has 30 heavy (non-hydrogen) atoms. The third kappa shape index (κ3) is 4.21. The van der Waals surface area contributed by atoms with E-state index in [2.05, 4.69) is 47.7 Å². The van der Waals surface area contributed by atoms with E-state index in [9.17, 15) is 4.79 Å². The molecule has 0 spiro atoms. The Morgan fingerprint density at radius 1 is 1.37 bits per heavy atom. The quantitative estimate of drug-likeness (QED) is 0.268. The van der Waals surface area contributed by atoms with E-state index >= 15 is 0 Å². The lowest BCUT2D eigenvalue weighted by molar-refractivity contribution is -0.119. The van der Waals surface area contributed by atoms with Gasteiger partial charge in [0.1, 0.15) is 6.33 Å². The zero-order chi connectivity index (χ0) is 21.1. The van der Waals surface area contributed by atoms with E-state index in [1.165, 1.54) is 18.1 Å². The Hall–Kier alpha value is -2.79. The average molecular weight is 537 g/mol. The number of aromatic nitrogens is 4. The van der Waals surface area contributed by atoms with Crippen molar-refractivity contribution in [2.75, 3.05) is 25.6 Å². The number of benzene rings is 1. The maximum atomic E-state index is 11.5. The molecule has 0 saturated carbocycles. The summed E-state index contributed by atoms with van der Waals surface area (Å²) in [7, 11) is 0. The van der Waals surface area contributed by atoms with Gasteiger partial charge in [-0.3, -0.25) is 4.79 Å². The molecule has 12 heteroatoms. The van der Waals surface area contributed by atoms with Crippen molar-refractivity contribution in [3.05, 3.63) is 33.4 Å². The smallest absolute Gasteiger partial charge is 0.300 e. The molecular formula is C18H16IN7O3S. The SMILES string of the molecule is [C-]#[N+]CC(=O)NCCCn1c(Sc2cc3c(cc2I)OCO3)nc2c(N)ncnc21. The summed E-state index contributed by atoms with van der Waals surface area (Å²) in [6.07, 6.45) is 2.05. The lowest BCUT2D eigenvalue weighted by Crippen LogP contribution is -2.26. The number of nitrogen functional groups attached to an aromatic ring is 1. The van der Waals surface area contributed by atoms with E-state index in [0.717, 1.165) is 14.2 Å². The standard InChI is InChI=1S/C18H16IN7O3S/c1-21-7-14(27)22-3-2-4-26-17-15(16(20)23-8-24-17)25-18(26)30-13-6-12-11(5-10(13)19)28-9-29-12/h5-6,8H,2-4,7,9H2,(H,22,27)(H2,20,23,24). The number of nitrogens with zero attached hydrogens (tertiary/aromatic N) is 5. The van der Waals surface area contributed by atoms with Crippen LogP contribution < -0.4 is 20.5 Å². The molecule has 3 aromatic rings. The van der Waals surface area contributed by atoms with E-state index in [0.29, 0.717) is 47.4 Å². The summed E-state index contributed by atoms with van der Waals surface area (Å²) in [4.78, 5) is 28.6. The maximum absolute atomic E-state index is 11.5. The number of amides is 1. The van der Waals surface area contributed by atoms with Crippen LogP contribution in [0.25, 0.3) is 16.0 Å². The Morgan fingerprint density at radius 2 is 2.17 bits per heavy atom. The molecule has 0 unspecified atom stereocenters.